The van der Waals surface area contributed by atoms with Crippen molar-refractivity contribution in [3.63, 3.8) is 0 Å². The highest BCUT2D eigenvalue weighted by molar-refractivity contribution is 9.10. The monoisotopic (exact) mass is 385 g/mol. The zero-order valence-electron chi connectivity index (χ0n) is 12.0. The second-order valence-corrected chi connectivity index (χ2v) is 6.80. The largest absolute Gasteiger partial charge is 0.303 e. The van der Waals surface area contributed by atoms with Crippen LogP contribution in [0.5, 0.6) is 0 Å². The van der Waals surface area contributed by atoms with Crippen molar-refractivity contribution >= 4 is 39.1 Å². The number of hydrogen-bond donors (Lipinski definition) is 1. The minimum Gasteiger partial charge on any atom is -0.303 e. The predicted octanol–water partition coefficient (Wildman–Crippen LogP) is 6.56. The first kappa shape index (κ1) is 16.8. The molecular weight excluding hydrogens is 369 g/mol. The molecule has 0 aliphatic carbocycles. The molecule has 2 aromatic carbocycles. The minimum absolute atomic E-state index is 0.202. The highest BCUT2D eigenvalue weighted by Gasteiger charge is 2.14. The van der Waals surface area contributed by atoms with Gasteiger partial charge in [0.1, 0.15) is 0 Å². The van der Waals surface area contributed by atoms with E-state index in [1.54, 1.807) is 0 Å². The fourth-order valence-corrected chi connectivity index (χ4v) is 2.90. The summed E-state index contributed by atoms with van der Waals surface area (Å²) >= 11 is 15.5. The summed E-state index contributed by atoms with van der Waals surface area (Å²) in [6, 6.07) is 14.7. The van der Waals surface area contributed by atoms with Gasteiger partial charge in [-0.1, -0.05) is 64.3 Å². The maximum atomic E-state index is 6.10. The van der Waals surface area contributed by atoms with E-state index in [2.05, 4.69) is 59.4 Å². The van der Waals surface area contributed by atoms with Crippen molar-refractivity contribution in [1.29, 1.82) is 0 Å². The summed E-state index contributed by atoms with van der Waals surface area (Å²) < 4.78 is 1.10. The molecule has 2 aromatic rings. The van der Waals surface area contributed by atoms with Crippen LogP contribution in [0, 0.1) is 0 Å². The van der Waals surface area contributed by atoms with E-state index in [0.717, 1.165) is 16.5 Å². The molecule has 0 amide bonds. The average Bonchev–Trinajstić information content (AvgIpc) is 2.48. The second kappa shape index (κ2) is 7.64. The van der Waals surface area contributed by atoms with E-state index < -0.39 is 0 Å². The van der Waals surface area contributed by atoms with Gasteiger partial charge in [0.15, 0.2) is 0 Å². The molecule has 0 saturated carbocycles. The Morgan fingerprint density at radius 3 is 2.19 bits per heavy atom. The molecule has 0 aliphatic heterocycles. The molecule has 2 rings (SSSR count). The molecule has 21 heavy (non-hydrogen) atoms. The molecule has 1 N–H and O–H groups in total. The van der Waals surface area contributed by atoms with Crippen LogP contribution in [0.25, 0.3) is 0 Å². The number of halogens is 3. The standard InChI is InChI=1S/C17H18BrCl2N/c1-3-17(12-4-7-14(18)8-5-12)21-11(2)13-6-9-15(19)16(20)10-13/h4-11,17,21H,3H2,1-2H3. The van der Waals surface area contributed by atoms with Crippen LogP contribution in [0.3, 0.4) is 0 Å². The van der Waals surface area contributed by atoms with Gasteiger partial charge < -0.3 is 5.32 Å². The van der Waals surface area contributed by atoms with Crippen LogP contribution in [-0.2, 0) is 0 Å². The van der Waals surface area contributed by atoms with Crippen LogP contribution >= 0.6 is 39.1 Å². The third-order valence-corrected chi connectivity index (χ3v) is 4.84. The molecule has 1 nitrogen and oxygen atoms in total. The van der Waals surface area contributed by atoms with Crippen molar-refractivity contribution in [2.24, 2.45) is 0 Å². The zero-order chi connectivity index (χ0) is 15.4. The van der Waals surface area contributed by atoms with E-state index in [1.165, 1.54) is 5.56 Å². The fraction of sp³-hybridized carbons (Fsp3) is 0.294. The summed E-state index contributed by atoms with van der Waals surface area (Å²) in [4.78, 5) is 0. The van der Waals surface area contributed by atoms with Crippen LogP contribution < -0.4 is 5.32 Å². The van der Waals surface area contributed by atoms with Crippen LogP contribution in [0.15, 0.2) is 46.9 Å². The van der Waals surface area contributed by atoms with Crippen molar-refractivity contribution in [3.8, 4) is 0 Å². The number of benzene rings is 2. The van der Waals surface area contributed by atoms with Crippen molar-refractivity contribution in [2.45, 2.75) is 32.4 Å². The first-order valence-electron chi connectivity index (χ1n) is 6.97. The number of rotatable bonds is 5. The Kier molecular flexibility index (Phi) is 6.12. The van der Waals surface area contributed by atoms with Gasteiger partial charge in [-0.3, -0.25) is 0 Å². The lowest BCUT2D eigenvalue weighted by molar-refractivity contribution is 0.456. The van der Waals surface area contributed by atoms with E-state index >= 15 is 0 Å². The Morgan fingerprint density at radius 1 is 1.00 bits per heavy atom. The summed E-state index contributed by atoms with van der Waals surface area (Å²) in [5, 5.41) is 4.84. The van der Waals surface area contributed by atoms with Crippen LogP contribution in [-0.4, -0.2) is 0 Å². The van der Waals surface area contributed by atoms with Gasteiger partial charge in [0.05, 0.1) is 10.0 Å². The molecule has 0 heterocycles. The van der Waals surface area contributed by atoms with Crippen LogP contribution in [0.4, 0.5) is 0 Å². The van der Waals surface area contributed by atoms with Gasteiger partial charge in [-0.15, -0.1) is 0 Å². The highest BCUT2D eigenvalue weighted by Crippen LogP contribution is 2.28. The molecule has 4 heteroatoms. The second-order valence-electron chi connectivity index (χ2n) is 5.07. The first-order chi connectivity index (χ1) is 10.0. The van der Waals surface area contributed by atoms with Gasteiger partial charge in [0.25, 0.3) is 0 Å². The maximum absolute atomic E-state index is 6.10. The normalized spacial score (nSPS) is 14.0. The fourth-order valence-electron chi connectivity index (χ4n) is 2.32. The Hall–Kier alpha value is -0.540. The van der Waals surface area contributed by atoms with Gasteiger partial charge in [-0.2, -0.15) is 0 Å². The Labute approximate surface area is 144 Å². The minimum atomic E-state index is 0.202. The molecule has 0 saturated heterocycles. The molecule has 0 radical (unpaired) electrons. The van der Waals surface area contributed by atoms with E-state index in [9.17, 15) is 0 Å². The zero-order valence-corrected chi connectivity index (χ0v) is 15.1. The van der Waals surface area contributed by atoms with E-state index in [-0.39, 0.29) is 6.04 Å². The van der Waals surface area contributed by atoms with Crippen molar-refractivity contribution in [3.05, 3.63) is 68.1 Å². The van der Waals surface area contributed by atoms with E-state index in [4.69, 9.17) is 23.2 Å². The summed E-state index contributed by atoms with van der Waals surface area (Å²) in [6.07, 6.45) is 1.02. The highest BCUT2D eigenvalue weighted by atomic mass is 79.9. The van der Waals surface area contributed by atoms with Crippen molar-refractivity contribution < 1.29 is 0 Å². The molecule has 0 aromatic heterocycles. The first-order valence-corrected chi connectivity index (χ1v) is 8.52. The van der Waals surface area contributed by atoms with Crippen molar-refractivity contribution in [2.75, 3.05) is 0 Å². The van der Waals surface area contributed by atoms with E-state index in [0.29, 0.717) is 16.1 Å². The number of nitrogens with one attached hydrogen (secondary N) is 1. The SMILES string of the molecule is CCC(NC(C)c1ccc(Cl)c(Cl)c1)c1ccc(Br)cc1. The predicted molar refractivity (Wildman–Crippen MR) is 95.2 cm³/mol. The Morgan fingerprint density at radius 2 is 1.62 bits per heavy atom. The summed E-state index contributed by atoms with van der Waals surface area (Å²) in [5.74, 6) is 0. The molecule has 0 aliphatic rings. The lowest BCUT2D eigenvalue weighted by atomic mass is 10.0. The summed E-state index contributed by atoms with van der Waals surface area (Å²) in [5.41, 5.74) is 2.42. The Bertz CT molecular complexity index is 598. The van der Waals surface area contributed by atoms with Crippen LogP contribution in [0.2, 0.25) is 10.0 Å². The molecule has 0 fully saturated rings. The van der Waals surface area contributed by atoms with Gasteiger partial charge >= 0.3 is 0 Å². The molecule has 0 spiro atoms. The van der Waals surface area contributed by atoms with E-state index in [1.807, 2.05) is 18.2 Å². The van der Waals surface area contributed by atoms with Gasteiger partial charge in [-0.25, -0.2) is 0 Å². The third-order valence-electron chi connectivity index (χ3n) is 3.58. The van der Waals surface area contributed by atoms with Crippen molar-refractivity contribution in [1.82, 2.24) is 5.32 Å². The van der Waals surface area contributed by atoms with Gasteiger partial charge in [0, 0.05) is 16.6 Å². The lowest BCUT2D eigenvalue weighted by Gasteiger charge is -2.23. The average molecular weight is 387 g/mol. The molecule has 2 unspecified atom stereocenters. The number of hydrogen-bond acceptors (Lipinski definition) is 1. The molecule has 112 valence electrons. The quantitative estimate of drug-likeness (QED) is 0.613. The topological polar surface area (TPSA) is 12.0 Å². The van der Waals surface area contributed by atoms with Gasteiger partial charge in [-0.05, 0) is 48.7 Å². The van der Waals surface area contributed by atoms with Gasteiger partial charge in [0.2, 0.25) is 0 Å². The molecule has 2 atom stereocenters. The molecule has 0 bridgehead atoms. The smallest absolute Gasteiger partial charge is 0.0595 e. The third kappa shape index (κ3) is 4.46. The summed E-state index contributed by atoms with van der Waals surface area (Å²) in [7, 11) is 0. The lowest BCUT2D eigenvalue weighted by Crippen LogP contribution is -2.24. The Balaban J connectivity index is 2.13. The maximum Gasteiger partial charge on any atom is 0.0595 e. The summed E-state index contributed by atoms with van der Waals surface area (Å²) in [6.45, 7) is 4.32. The van der Waals surface area contributed by atoms with Crippen LogP contribution in [0.1, 0.15) is 43.5 Å². The molecular formula is C17H18BrCl2N.